The number of amides is 2. The number of phosphoric ester groups is 2. The van der Waals surface area contributed by atoms with E-state index in [-0.39, 0.29) is 38.5 Å². The summed E-state index contributed by atoms with van der Waals surface area (Å²) in [5, 5.41) is 51.3. The minimum absolute atomic E-state index is 0.0874. The normalized spacial score (nSPS) is 21.3. The molecule has 10 N–H and O–H groups in total. The van der Waals surface area contributed by atoms with Crippen LogP contribution in [-0.4, -0.2) is 175 Å². The van der Waals surface area contributed by atoms with Gasteiger partial charge in [-0.05, 0) is 51.4 Å². The van der Waals surface area contributed by atoms with Crippen molar-refractivity contribution in [2.75, 3.05) is 13.2 Å². The first-order chi connectivity index (χ1) is 53.3. The van der Waals surface area contributed by atoms with Crippen LogP contribution in [0.1, 0.15) is 388 Å². The van der Waals surface area contributed by atoms with Crippen LogP contribution in [0.25, 0.3) is 0 Å². The van der Waals surface area contributed by atoms with Crippen LogP contribution in [0, 0.1) is 0 Å². The van der Waals surface area contributed by atoms with Gasteiger partial charge in [-0.15, -0.1) is 0 Å². The fourth-order valence-corrected chi connectivity index (χ4v) is 15.5. The molecule has 2 rings (SSSR count). The van der Waals surface area contributed by atoms with Crippen molar-refractivity contribution in [2.45, 2.75) is 474 Å². The lowest BCUT2D eigenvalue weighted by Crippen LogP contribution is -2.68. The summed E-state index contributed by atoms with van der Waals surface area (Å²) in [4.78, 5) is 127. The van der Waals surface area contributed by atoms with Crippen molar-refractivity contribution in [1.82, 2.24) is 10.6 Å². The zero-order chi connectivity index (χ0) is 81.9. The van der Waals surface area contributed by atoms with Gasteiger partial charge in [0.2, 0.25) is 11.8 Å². The predicted octanol–water partition coefficient (Wildman–Crippen LogP) is 15.9. The molecule has 14 unspecified atom stereocenters. The molecular weight excluding hydrogens is 1470 g/mol. The van der Waals surface area contributed by atoms with Gasteiger partial charge < -0.3 is 83.8 Å². The number of phosphoric acid groups is 2. The number of esters is 4. The molecule has 2 saturated heterocycles. The molecule has 2 heterocycles. The number of carbonyl (C=O) groups is 6. The van der Waals surface area contributed by atoms with Crippen molar-refractivity contribution in [1.29, 1.82) is 0 Å². The van der Waals surface area contributed by atoms with Crippen molar-refractivity contribution in [2.24, 2.45) is 0 Å². The van der Waals surface area contributed by atoms with Crippen molar-refractivity contribution in [3.8, 4) is 0 Å². The van der Waals surface area contributed by atoms with E-state index in [9.17, 15) is 77.9 Å². The summed E-state index contributed by atoms with van der Waals surface area (Å²) in [6.45, 7) is 10.6. The molecule has 2 aliphatic rings. The Kier molecular flexibility index (Phi) is 60.6. The lowest BCUT2D eigenvalue weighted by Gasteiger charge is -2.47. The summed E-state index contributed by atoms with van der Waals surface area (Å²) in [5.74, 6) is -5.06. The maximum absolute atomic E-state index is 14.9. The van der Waals surface area contributed by atoms with E-state index in [0.29, 0.717) is 38.5 Å². The molecule has 29 heteroatoms. The van der Waals surface area contributed by atoms with Gasteiger partial charge in [0.1, 0.15) is 48.7 Å². The Balaban J connectivity index is 2.81. The van der Waals surface area contributed by atoms with E-state index in [0.717, 1.165) is 231 Å². The van der Waals surface area contributed by atoms with E-state index >= 15 is 0 Å². The fourth-order valence-electron chi connectivity index (χ4n) is 14.5. The van der Waals surface area contributed by atoms with Crippen molar-refractivity contribution in [3.05, 3.63) is 0 Å². The molecule has 14 atom stereocenters. The number of nitrogens with one attached hydrogen (secondary N) is 2. The maximum atomic E-state index is 14.9. The number of unbranched alkanes of at least 4 members (excludes halogenated alkanes) is 38. The van der Waals surface area contributed by atoms with Crippen molar-refractivity contribution < 1.29 is 120 Å². The molecule has 0 aromatic heterocycles. The summed E-state index contributed by atoms with van der Waals surface area (Å²) < 4.78 is 79.0. The van der Waals surface area contributed by atoms with Crippen LogP contribution in [0.15, 0.2) is 0 Å². The second-order valence-corrected chi connectivity index (χ2v) is 33.7. The Labute approximate surface area is 666 Å². The zero-order valence-electron chi connectivity index (χ0n) is 69.1. The number of aliphatic hydroxyl groups is 4. The first-order valence-electron chi connectivity index (χ1n) is 43.7. The van der Waals surface area contributed by atoms with Gasteiger partial charge >= 0.3 is 39.5 Å². The predicted molar refractivity (Wildman–Crippen MR) is 425 cm³/mol. The van der Waals surface area contributed by atoms with Crippen LogP contribution in [0.5, 0.6) is 0 Å². The number of hydrogen-bond donors (Lipinski definition) is 10. The minimum Gasteiger partial charge on any atom is -0.462 e. The number of carbonyl (C=O) groups excluding carboxylic acids is 6. The van der Waals surface area contributed by atoms with E-state index < -0.39 is 176 Å². The Morgan fingerprint density at radius 3 is 1.02 bits per heavy atom. The van der Waals surface area contributed by atoms with Gasteiger partial charge in [-0.1, -0.05) is 298 Å². The average molecular weight is 1630 g/mol. The molecular formula is C82H154N2O25P2. The van der Waals surface area contributed by atoms with Crippen LogP contribution in [0.4, 0.5) is 0 Å². The Morgan fingerprint density at radius 1 is 0.369 bits per heavy atom. The standard InChI is InChI=1S/C82H154N2O25P2/c1-7-13-19-25-31-32-38-44-50-56-72(91)103-66(54-48-42-36-29-23-17-11-5)60-70(89)84-76-80(107-74(93)58-64(87)52-46-40-34-27-21-15-9-3)78(108-110(95,96)97)67(61-85)104-81(76)101-62-68-77(94)79(106-73(92)57-63(86)51-45-39-33-26-20-14-8-2)75(82(105-68)109-111(98,99)100)83-69(88)59-65(53-47-41-35-28-22-16-10-4)102-71(90)55-49-43-37-30-24-18-12-6/h63-68,75-82,85-87,94H,7-62H2,1-6H3,(H,83,88)(H,84,89)(H2,95,96,97)(H2,98,99,100). The highest BCUT2D eigenvalue weighted by molar-refractivity contribution is 7.46. The molecule has 111 heavy (non-hydrogen) atoms. The van der Waals surface area contributed by atoms with Gasteiger partial charge in [-0.2, -0.15) is 0 Å². The van der Waals surface area contributed by atoms with Crippen LogP contribution in [0.2, 0.25) is 0 Å². The third-order valence-corrected chi connectivity index (χ3v) is 21.9. The Bertz CT molecular complexity index is 2500. The highest BCUT2D eigenvalue weighted by Crippen LogP contribution is 2.44. The first kappa shape index (κ1) is 104. The van der Waals surface area contributed by atoms with E-state index in [4.69, 9.17) is 42.2 Å². The molecule has 2 fully saturated rings. The van der Waals surface area contributed by atoms with E-state index in [1.54, 1.807) is 0 Å². The molecule has 0 aromatic rings. The largest absolute Gasteiger partial charge is 0.472 e. The highest BCUT2D eigenvalue weighted by atomic mass is 31.2. The molecule has 0 aliphatic carbocycles. The number of rotatable bonds is 72. The lowest BCUT2D eigenvalue weighted by molar-refractivity contribution is -0.296. The quantitative estimate of drug-likeness (QED) is 0.0117. The van der Waals surface area contributed by atoms with E-state index in [1.165, 1.54) is 12.8 Å². The topological polar surface area (TPSA) is 406 Å². The van der Waals surface area contributed by atoms with Gasteiger partial charge in [0.25, 0.3) is 0 Å². The third kappa shape index (κ3) is 52.2. The van der Waals surface area contributed by atoms with E-state index in [2.05, 4.69) is 52.2 Å². The van der Waals surface area contributed by atoms with Gasteiger partial charge in [0.05, 0.1) is 51.1 Å². The van der Waals surface area contributed by atoms with Crippen molar-refractivity contribution >= 4 is 51.3 Å². The van der Waals surface area contributed by atoms with Crippen molar-refractivity contribution in [3.63, 3.8) is 0 Å². The van der Waals surface area contributed by atoms with Gasteiger partial charge in [-0.3, -0.25) is 37.8 Å². The second kappa shape index (κ2) is 64.8. The lowest BCUT2D eigenvalue weighted by atomic mass is 9.95. The van der Waals surface area contributed by atoms with Gasteiger partial charge in [0, 0.05) is 12.8 Å². The molecule has 2 amide bonds. The van der Waals surface area contributed by atoms with Crippen LogP contribution < -0.4 is 10.6 Å². The second-order valence-electron chi connectivity index (χ2n) is 31.3. The molecule has 27 nitrogen and oxygen atoms in total. The highest BCUT2D eigenvalue weighted by Gasteiger charge is 2.55. The number of ether oxygens (including phenoxy) is 7. The average Bonchev–Trinajstić information content (AvgIpc) is 0.786. The fraction of sp³-hybridized carbons (Fsp3) is 0.927. The third-order valence-electron chi connectivity index (χ3n) is 20.9. The number of hydrogen-bond acceptors (Lipinski definition) is 21. The summed E-state index contributed by atoms with van der Waals surface area (Å²) in [6, 6.07) is -3.86. The monoisotopic (exact) mass is 1630 g/mol. The minimum atomic E-state index is -5.70. The van der Waals surface area contributed by atoms with Crippen LogP contribution >= 0.6 is 15.6 Å². The Morgan fingerprint density at radius 2 is 0.676 bits per heavy atom. The SMILES string of the molecule is CCCCCCCCCCCC(=O)OC(CCCCCCCCC)CC(=O)NC1C(OCC2OC(OP(=O)(O)O)C(NC(=O)CC(CCCCCCCCC)OC(=O)CCCCCCCCC)C(OC(=O)CC(O)CCCCCCCCC)C2O)OC(CO)C(OP(=O)(O)O)C1OC(=O)CC(O)CCCCCCCCC. The van der Waals surface area contributed by atoms with E-state index in [1.807, 2.05) is 0 Å². The Hall–Kier alpha value is -3.24. The molecule has 652 valence electrons. The summed E-state index contributed by atoms with van der Waals surface area (Å²) in [6.07, 6.45) is 19.2. The molecule has 0 bridgehead atoms. The summed E-state index contributed by atoms with van der Waals surface area (Å²) in [7, 11) is -11.3. The molecule has 0 saturated carbocycles. The zero-order valence-corrected chi connectivity index (χ0v) is 70.9. The molecule has 0 spiro atoms. The molecule has 0 aromatic carbocycles. The first-order valence-corrected chi connectivity index (χ1v) is 46.8. The maximum Gasteiger partial charge on any atom is 0.472 e. The summed E-state index contributed by atoms with van der Waals surface area (Å²) >= 11 is 0. The smallest absolute Gasteiger partial charge is 0.462 e. The van der Waals surface area contributed by atoms with Gasteiger partial charge in [-0.25, -0.2) is 9.13 Å². The number of aliphatic hydroxyl groups excluding tert-OH is 4. The van der Waals surface area contributed by atoms with Gasteiger partial charge in [0.15, 0.2) is 24.8 Å². The summed E-state index contributed by atoms with van der Waals surface area (Å²) in [5.41, 5.74) is 0. The van der Waals surface area contributed by atoms with Crippen LogP contribution in [-0.2, 0) is 80.1 Å². The molecule has 2 aliphatic heterocycles. The van der Waals surface area contributed by atoms with Crippen LogP contribution in [0.3, 0.4) is 0 Å². The molecule has 0 radical (unpaired) electrons.